The number of nitrogens with one attached hydrogen (secondary N) is 2. The summed E-state index contributed by atoms with van der Waals surface area (Å²) < 4.78 is 12.3. The fourth-order valence-electron chi connectivity index (χ4n) is 3.11. The molecule has 0 saturated heterocycles. The number of pyridine rings is 1. The number of amides is 2. The van der Waals surface area contributed by atoms with E-state index in [0.29, 0.717) is 11.2 Å². The number of fused-ring (bicyclic) bond motifs is 1. The Morgan fingerprint density at radius 2 is 1.66 bits per heavy atom. The van der Waals surface area contributed by atoms with E-state index in [-0.39, 0.29) is 17.4 Å². The van der Waals surface area contributed by atoms with Crippen LogP contribution in [0.2, 0.25) is 0 Å². The van der Waals surface area contributed by atoms with E-state index in [0.717, 1.165) is 28.6 Å². The lowest BCUT2D eigenvalue weighted by Crippen LogP contribution is -2.26. The van der Waals surface area contributed by atoms with Crippen molar-refractivity contribution in [1.82, 2.24) is 4.98 Å². The number of aryl methyl sites for hydroxylation is 2. The standard InChI is InChI=1S/C22H23N3O3S/c1-3-16-8-4-7-15(2)21(16)25-20(27)14-29(28)13-19(26)24-18-11-5-9-17-10-6-12-23-22(17)18/h4-12H,3,13-14H2,1-2H3,(H,24,26)(H,25,27)/t29-/m0/s1. The van der Waals surface area contributed by atoms with E-state index < -0.39 is 16.7 Å². The third-order valence-electron chi connectivity index (χ3n) is 4.50. The number of hydrogen-bond donors (Lipinski definition) is 2. The summed E-state index contributed by atoms with van der Waals surface area (Å²) in [6.07, 6.45) is 2.43. The molecule has 0 saturated carbocycles. The molecule has 0 aliphatic rings. The van der Waals surface area contributed by atoms with Gasteiger partial charge in [-0.15, -0.1) is 0 Å². The van der Waals surface area contributed by atoms with Crippen LogP contribution in [0.5, 0.6) is 0 Å². The highest BCUT2D eigenvalue weighted by Crippen LogP contribution is 2.22. The maximum atomic E-state index is 12.3. The van der Waals surface area contributed by atoms with Gasteiger partial charge in [0.05, 0.1) is 11.2 Å². The van der Waals surface area contributed by atoms with E-state index in [4.69, 9.17) is 0 Å². The molecule has 3 rings (SSSR count). The van der Waals surface area contributed by atoms with Gasteiger partial charge in [0.15, 0.2) is 0 Å². The topological polar surface area (TPSA) is 88.2 Å². The maximum Gasteiger partial charge on any atom is 0.237 e. The van der Waals surface area contributed by atoms with Crippen molar-refractivity contribution in [3.05, 3.63) is 65.9 Å². The molecule has 1 atom stereocenters. The molecule has 0 spiro atoms. The van der Waals surface area contributed by atoms with Crippen molar-refractivity contribution in [1.29, 1.82) is 0 Å². The highest BCUT2D eigenvalue weighted by Gasteiger charge is 2.15. The fourth-order valence-corrected chi connectivity index (χ4v) is 3.94. The molecule has 7 heteroatoms. The summed E-state index contributed by atoms with van der Waals surface area (Å²) >= 11 is 0. The van der Waals surface area contributed by atoms with Crippen LogP contribution >= 0.6 is 0 Å². The SMILES string of the molecule is CCc1cccc(C)c1NC(=O)C[S@@](=O)CC(=O)Nc1cccc2cccnc12. The van der Waals surface area contributed by atoms with Gasteiger partial charge in [-0.3, -0.25) is 18.8 Å². The molecule has 1 aromatic heterocycles. The first-order chi connectivity index (χ1) is 14.0. The smallest absolute Gasteiger partial charge is 0.237 e. The quantitative estimate of drug-likeness (QED) is 0.626. The Labute approximate surface area is 172 Å². The van der Waals surface area contributed by atoms with Gasteiger partial charge in [-0.1, -0.05) is 43.3 Å². The van der Waals surface area contributed by atoms with Crippen molar-refractivity contribution in [3.8, 4) is 0 Å². The van der Waals surface area contributed by atoms with Crippen LogP contribution in [0, 0.1) is 6.92 Å². The minimum absolute atomic E-state index is 0.237. The largest absolute Gasteiger partial charge is 0.325 e. The van der Waals surface area contributed by atoms with Crippen molar-refractivity contribution >= 4 is 44.9 Å². The van der Waals surface area contributed by atoms with Gasteiger partial charge in [-0.25, -0.2) is 0 Å². The van der Waals surface area contributed by atoms with Crippen LogP contribution in [-0.4, -0.2) is 32.5 Å². The Balaban J connectivity index is 1.59. The number of nitrogens with zero attached hydrogens (tertiary/aromatic N) is 1. The van der Waals surface area contributed by atoms with Crippen LogP contribution < -0.4 is 10.6 Å². The van der Waals surface area contributed by atoms with Crippen LogP contribution in [0.4, 0.5) is 11.4 Å². The van der Waals surface area contributed by atoms with Gasteiger partial charge < -0.3 is 10.6 Å². The Morgan fingerprint density at radius 3 is 2.41 bits per heavy atom. The lowest BCUT2D eigenvalue weighted by atomic mass is 10.1. The van der Waals surface area contributed by atoms with Crippen molar-refractivity contribution in [2.45, 2.75) is 20.3 Å². The second-order valence-electron chi connectivity index (χ2n) is 6.67. The van der Waals surface area contributed by atoms with E-state index in [2.05, 4.69) is 15.6 Å². The van der Waals surface area contributed by atoms with E-state index in [1.807, 2.05) is 56.3 Å². The molecule has 6 nitrogen and oxygen atoms in total. The number of anilines is 2. The first-order valence-corrected chi connectivity index (χ1v) is 10.8. The second-order valence-corrected chi connectivity index (χ2v) is 8.13. The van der Waals surface area contributed by atoms with E-state index in [1.165, 1.54) is 0 Å². The zero-order valence-corrected chi connectivity index (χ0v) is 17.2. The summed E-state index contributed by atoms with van der Waals surface area (Å²) in [5.74, 6) is -1.28. The number of carbonyl (C=O) groups excluding carboxylic acids is 2. The monoisotopic (exact) mass is 409 g/mol. The third kappa shape index (κ3) is 5.26. The number of benzene rings is 2. The summed E-state index contributed by atoms with van der Waals surface area (Å²) in [5.41, 5.74) is 3.94. The maximum absolute atomic E-state index is 12.3. The molecule has 0 aliphatic carbocycles. The minimum atomic E-state index is -1.62. The van der Waals surface area contributed by atoms with Crippen LogP contribution in [0.25, 0.3) is 10.9 Å². The Hall–Kier alpha value is -3.06. The first-order valence-electron chi connectivity index (χ1n) is 9.35. The van der Waals surface area contributed by atoms with Crippen LogP contribution in [0.3, 0.4) is 0 Å². The van der Waals surface area contributed by atoms with Crippen LogP contribution in [-0.2, 0) is 26.8 Å². The molecule has 2 N–H and O–H groups in total. The molecule has 0 unspecified atom stereocenters. The minimum Gasteiger partial charge on any atom is -0.325 e. The molecular formula is C22H23N3O3S. The molecule has 150 valence electrons. The van der Waals surface area contributed by atoms with Gasteiger partial charge in [0.1, 0.15) is 11.5 Å². The lowest BCUT2D eigenvalue weighted by Gasteiger charge is -2.13. The summed E-state index contributed by atoms with van der Waals surface area (Å²) in [7, 11) is -1.62. The number of rotatable bonds is 7. The zero-order valence-electron chi connectivity index (χ0n) is 16.4. The molecule has 2 amide bonds. The van der Waals surface area contributed by atoms with E-state index in [9.17, 15) is 13.8 Å². The predicted molar refractivity (Wildman–Crippen MR) is 117 cm³/mol. The molecule has 29 heavy (non-hydrogen) atoms. The fraction of sp³-hybridized carbons (Fsp3) is 0.227. The van der Waals surface area contributed by atoms with Crippen molar-refractivity contribution in [2.24, 2.45) is 0 Å². The van der Waals surface area contributed by atoms with Crippen LogP contribution in [0.1, 0.15) is 18.1 Å². The molecule has 0 fully saturated rings. The third-order valence-corrected chi connectivity index (χ3v) is 5.66. The molecule has 2 aromatic carbocycles. The van der Waals surface area contributed by atoms with Gasteiger partial charge in [0, 0.05) is 28.1 Å². The second kappa shape index (κ2) is 9.43. The van der Waals surface area contributed by atoms with E-state index >= 15 is 0 Å². The average Bonchev–Trinajstić information content (AvgIpc) is 2.69. The number of aromatic nitrogens is 1. The number of carbonyl (C=O) groups is 2. The van der Waals surface area contributed by atoms with Crippen molar-refractivity contribution < 1.29 is 13.8 Å². The van der Waals surface area contributed by atoms with Gasteiger partial charge >= 0.3 is 0 Å². The van der Waals surface area contributed by atoms with Gasteiger partial charge in [-0.05, 0) is 36.6 Å². The molecule has 0 bridgehead atoms. The zero-order chi connectivity index (χ0) is 20.8. The van der Waals surface area contributed by atoms with E-state index in [1.54, 1.807) is 12.3 Å². The lowest BCUT2D eigenvalue weighted by molar-refractivity contribution is -0.114. The van der Waals surface area contributed by atoms with Gasteiger partial charge in [0.2, 0.25) is 11.8 Å². The molecule has 1 heterocycles. The summed E-state index contributed by atoms with van der Waals surface area (Å²) in [5, 5.41) is 6.47. The summed E-state index contributed by atoms with van der Waals surface area (Å²) in [6, 6.07) is 15.0. The Morgan fingerprint density at radius 1 is 0.966 bits per heavy atom. The average molecular weight is 410 g/mol. The highest BCUT2D eigenvalue weighted by molar-refractivity contribution is 7.86. The number of para-hydroxylation sites is 2. The number of hydrogen-bond acceptors (Lipinski definition) is 4. The normalized spacial score (nSPS) is 11.8. The van der Waals surface area contributed by atoms with Crippen molar-refractivity contribution in [3.63, 3.8) is 0 Å². The molecular weight excluding hydrogens is 386 g/mol. The Bertz CT molecular complexity index is 1080. The van der Waals surface area contributed by atoms with Crippen molar-refractivity contribution in [2.75, 3.05) is 22.1 Å². The highest BCUT2D eigenvalue weighted by atomic mass is 32.2. The predicted octanol–water partition coefficient (Wildman–Crippen LogP) is 3.43. The summed E-state index contributed by atoms with van der Waals surface area (Å²) in [4.78, 5) is 28.9. The summed E-state index contributed by atoms with van der Waals surface area (Å²) in [6.45, 7) is 3.92. The Kier molecular flexibility index (Phi) is 6.72. The molecule has 3 aromatic rings. The molecule has 0 radical (unpaired) electrons. The van der Waals surface area contributed by atoms with Gasteiger partial charge in [0.25, 0.3) is 0 Å². The molecule has 0 aliphatic heterocycles. The van der Waals surface area contributed by atoms with Gasteiger partial charge in [-0.2, -0.15) is 0 Å². The first kappa shape index (κ1) is 20.7. The van der Waals surface area contributed by atoms with Crippen LogP contribution in [0.15, 0.2) is 54.7 Å².